The Bertz CT molecular complexity index is 2890. The number of nitrogens with zero attached hydrogens (tertiary/aromatic N) is 2. The van der Waals surface area contributed by atoms with Gasteiger partial charge in [-0.15, -0.1) is 0 Å². The van der Waals surface area contributed by atoms with Gasteiger partial charge in [-0.2, -0.15) is 0 Å². The number of rotatable bonds is 8. The highest BCUT2D eigenvalue weighted by atomic mass is 16.3. The van der Waals surface area contributed by atoms with Crippen LogP contribution in [0.25, 0.3) is 44.2 Å². The summed E-state index contributed by atoms with van der Waals surface area (Å²) in [4.78, 5) is 5.35. The fraction of sp³-hybridized carbons (Fsp3) is 0.208. The summed E-state index contributed by atoms with van der Waals surface area (Å²) < 4.78 is 6.74. The lowest BCUT2D eigenvalue weighted by Crippen LogP contribution is -2.63. The first-order valence-corrected chi connectivity index (χ1v) is 21.1. The Kier molecular flexibility index (Phi) is 7.83. The first-order chi connectivity index (χ1) is 28.0. The molecule has 0 unspecified atom stereocenters. The molecule has 7 aromatic carbocycles. The summed E-state index contributed by atoms with van der Waals surface area (Å²) in [6, 6.07) is 52.8. The lowest BCUT2D eigenvalue weighted by atomic mass is 9.42. The van der Waals surface area contributed by atoms with Gasteiger partial charge in [0, 0.05) is 39.0 Å². The molecule has 0 spiro atoms. The van der Waals surface area contributed by atoms with E-state index < -0.39 is 0 Å². The van der Waals surface area contributed by atoms with Gasteiger partial charge in [0.05, 0.1) is 16.8 Å². The molecule has 278 valence electrons. The highest BCUT2D eigenvalue weighted by Gasteiger charge is 2.50. The Morgan fingerprint density at radius 2 is 1.30 bits per heavy atom. The van der Waals surface area contributed by atoms with E-state index in [1.54, 1.807) is 0 Å². The van der Waals surface area contributed by atoms with Gasteiger partial charge in [0.2, 0.25) is 0 Å². The summed E-state index contributed by atoms with van der Waals surface area (Å²) >= 11 is 0. The van der Waals surface area contributed by atoms with E-state index in [9.17, 15) is 0 Å². The second kappa shape index (κ2) is 13.0. The van der Waals surface area contributed by atoms with Crippen LogP contribution >= 0.6 is 0 Å². The highest BCUT2D eigenvalue weighted by molar-refractivity contribution is 6.94. The van der Waals surface area contributed by atoms with Gasteiger partial charge in [-0.3, -0.25) is 0 Å². The average molecular weight is 739 g/mol. The molecule has 0 radical (unpaired) electrons. The molecule has 3 nitrogen and oxygen atoms in total. The van der Waals surface area contributed by atoms with Crippen LogP contribution in [0.3, 0.4) is 0 Å². The van der Waals surface area contributed by atoms with Crippen LogP contribution in [0, 0.1) is 0 Å². The highest BCUT2D eigenvalue weighted by Crippen LogP contribution is 2.57. The van der Waals surface area contributed by atoms with Crippen LogP contribution in [0.4, 0.5) is 28.4 Å². The van der Waals surface area contributed by atoms with Gasteiger partial charge in [0.1, 0.15) is 11.2 Å². The topological polar surface area (TPSA) is 19.6 Å². The lowest BCUT2D eigenvalue weighted by Gasteiger charge is -2.51. The zero-order chi connectivity index (χ0) is 38.4. The van der Waals surface area contributed by atoms with Crippen LogP contribution in [-0.2, 0) is 18.3 Å². The van der Waals surface area contributed by atoms with E-state index in [1.807, 2.05) is 0 Å². The molecule has 0 N–H and O–H groups in total. The molecule has 0 saturated carbocycles. The van der Waals surface area contributed by atoms with E-state index in [0.29, 0.717) is 0 Å². The Labute approximate surface area is 336 Å². The second-order valence-corrected chi connectivity index (χ2v) is 16.9. The van der Waals surface area contributed by atoms with E-state index in [2.05, 4.69) is 177 Å². The number of benzene rings is 7. The van der Waals surface area contributed by atoms with Crippen LogP contribution in [0.5, 0.6) is 0 Å². The van der Waals surface area contributed by atoms with E-state index in [4.69, 9.17) is 4.42 Å². The minimum atomic E-state index is -0.156. The molecule has 0 fully saturated rings. The van der Waals surface area contributed by atoms with Gasteiger partial charge >= 0.3 is 6.85 Å². The van der Waals surface area contributed by atoms with Crippen molar-refractivity contribution in [3.8, 4) is 22.3 Å². The smallest absolute Gasteiger partial charge is 0.333 e. The molecule has 8 aromatic rings. The number of fused-ring (bicyclic) bond motifs is 10. The van der Waals surface area contributed by atoms with Crippen molar-refractivity contribution in [2.45, 2.75) is 71.6 Å². The zero-order valence-electron chi connectivity index (χ0n) is 33.4. The van der Waals surface area contributed by atoms with E-state index in [1.165, 1.54) is 102 Å². The minimum Gasteiger partial charge on any atom is -0.456 e. The molecule has 0 amide bonds. The average Bonchev–Trinajstić information content (AvgIpc) is 3.64. The SMILES string of the molecule is CCCCc1ccc(N2c3cc(CCCC)cc4c3B(c3ccc5oc6ccccc6c5c32)N2c3ccccc3C(C)(C)c3cccc-4c32)c(-c2ccccc2)c1. The monoisotopic (exact) mass is 738 g/mol. The summed E-state index contributed by atoms with van der Waals surface area (Å²) in [6.45, 7) is 9.36. The van der Waals surface area contributed by atoms with Crippen molar-refractivity contribution in [3.63, 3.8) is 0 Å². The molecule has 11 rings (SSSR count). The Balaban J connectivity index is 1.31. The number of hydrogen-bond acceptors (Lipinski definition) is 3. The third-order valence-corrected chi connectivity index (χ3v) is 13.2. The summed E-state index contributed by atoms with van der Waals surface area (Å²) in [5.74, 6) is 0. The van der Waals surface area contributed by atoms with E-state index in [0.717, 1.165) is 42.2 Å². The summed E-state index contributed by atoms with van der Waals surface area (Å²) in [5.41, 5.74) is 21.4. The number of aryl methyl sites for hydroxylation is 2. The normalized spacial score (nSPS) is 14.4. The molecule has 3 aliphatic rings. The molecular weight excluding hydrogens is 691 g/mol. The van der Waals surface area contributed by atoms with Crippen LogP contribution in [0.1, 0.15) is 75.6 Å². The maximum absolute atomic E-state index is 6.74. The van der Waals surface area contributed by atoms with Crippen LogP contribution in [-0.4, -0.2) is 6.85 Å². The van der Waals surface area contributed by atoms with Crippen molar-refractivity contribution in [2.24, 2.45) is 0 Å². The largest absolute Gasteiger partial charge is 0.456 e. The van der Waals surface area contributed by atoms with E-state index in [-0.39, 0.29) is 12.3 Å². The van der Waals surface area contributed by atoms with Crippen molar-refractivity contribution in [1.82, 2.24) is 0 Å². The molecule has 0 atom stereocenters. The first-order valence-electron chi connectivity index (χ1n) is 21.1. The third-order valence-electron chi connectivity index (χ3n) is 13.2. The number of hydrogen-bond donors (Lipinski definition) is 0. The van der Waals surface area contributed by atoms with Gasteiger partial charge in [0.25, 0.3) is 0 Å². The number of unbranched alkanes of at least 4 members (excludes halogenated alkanes) is 2. The van der Waals surface area contributed by atoms with Gasteiger partial charge in [-0.25, -0.2) is 0 Å². The van der Waals surface area contributed by atoms with Crippen molar-refractivity contribution in [3.05, 3.63) is 162 Å². The molecular formula is C53H47BN2O. The van der Waals surface area contributed by atoms with Gasteiger partial charge in [-0.1, -0.05) is 144 Å². The fourth-order valence-electron chi connectivity index (χ4n) is 10.4. The van der Waals surface area contributed by atoms with Crippen LogP contribution < -0.4 is 20.6 Å². The van der Waals surface area contributed by atoms with Crippen molar-refractivity contribution in [1.29, 1.82) is 0 Å². The Morgan fingerprint density at radius 1 is 0.561 bits per heavy atom. The molecule has 3 aliphatic heterocycles. The summed E-state index contributed by atoms with van der Waals surface area (Å²) in [5, 5.41) is 2.33. The van der Waals surface area contributed by atoms with Crippen LogP contribution in [0.2, 0.25) is 0 Å². The second-order valence-electron chi connectivity index (χ2n) is 16.9. The van der Waals surface area contributed by atoms with Crippen molar-refractivity contribution in [2.75, 3.05) is 9.71 Å². The van der Waals surface area contributed by atoms with Gasteiger partial charge < -0.3 is 14.1 Å². The quantitative estimate of drug-likeness (QED) is 0.145. The van der Waals surface area contributed by atoms with Gasteiger partial charge in [-0.05, 0) is 106 Å². The number of anilines is 5. The van der Waals surface area contributed by atoms with Gasteiger partial charge in [0.15, 0.2) is 0 Å². The Morgan fingerprint density at radius 3 is 2.14 bits per heavy atom. The van der Waals surface area contributed by atoms with Crippen LogP contribution in [0.15, 0.2) is 144 Å². The molecule has 0 aliphatic carbocycles. The molecule has 0 saturated heterocycles. The van der Waals surface area contributed by atoms with Crippen molar-refractivity contribution >= 4 is 68.1 Å². The maximum Gasteiger partial charge on any atom is 0.333 e. The summed E-state index contributed by atoms with van der Waals surface area (Å²) in [6.07, 6.45) is 6.75. The molecule has 4 heteroatoms. The molecule has 1 aromatic heterocycles. The predicted molar refractivity (Wildman–Crippen MR) is 242 cm³/mol. The zero-order valence-corrected chi connectivity index (χ0v) is 33.4. The Hall–Kier alpha value is -6.00. The molecule has 0 bridgehead atoms. The number of para-hydroxylation sites is 3. The van der Waals surface area contributed by atoms with E-state index >= 15 is 0 Å². The first kappa shape index (κ1) is 34.3. The van der Waals surface area contributed by atoms with Crippen molar-refractivity contribution < 1.29 is 4.42 Å². The third kappa shape index (κ3) is 4.99. The fourth-order valence-corrected chi connectivity index (χ4v) is 10.4. The lowest BCUT2D eigenvalue weighted by molar-refractivity contribution is 0.634. The summed E-state index contributed by atoms with van der Waals surface area (Å²) in [7, 11) is 0. The predicted octanol–water partition coefficient (Wildman–Crippen LogP) is 13.3. The standard InChI is InChI=1S/C53H47BN2O/c1-5-7-17-34-27-29-44(39(31-34)36-19-10-9-11-20-36)55-46-33-35(18-8-6-2)32-40-37-22-16-24-42-51(37)56(45-25-14-13-23-41(45)53(42,3)4)54(50(40)46)43-28-30-48-49(52(43)55)38-21-12-15-26-47(38)57-48/h9-16,19-33H,5-8,17-18H2,1-4H3. The minimum absolute atomic E-state index is 0.0468. The molecule has 4 heterocycles. The molecule has 57 heavy (non-hydrogen) atoms. The maximum atomic E-state index is 6.74. The number of furan rings is 1.